The first-order valence-electron chi connectivity index (χ1n) is 11.5. The molecule has 2 aromatic carbocycles. The van der Waals surface area contributed by atoms with Gasteiger partial charge in [0.2, 0.25) is 5.91 Å². The zero-order valence-electron chi connectivity index (χ0n) is 18.9. The van der Waals surface area contributed by atoms with Crippen LogP contribution >= 0.6 is 11.6 Å². The van der Waals surface area contributed by atoms with Crippen LogP contribution in [0.25, 0.3) is 11.3 Å². The third-order valence-electron chi connectivity index (χ3n) is 6.07. The van der Waals surface area contributed by atoms with Crippen molar-refractivity contribution in [1.82, 2.24) is 15.2 Å². The number of ether oxygens (including phenoxy) is 1. The smallest absolute Gasteiger partial charge is 0.220 e. The molecule has 1 atom stereocenters. The molecule has 1 saturated heterocycles. The summed E-state index contributed by atoms with van der Waals surface area (Å²) in [6.07, 6.45) is 6.13. The van der Waals surface area contributed by atoms with E-state index in [1.54, 1.807) is 13.3 Å². The molecule has 4 rings (SSSR count). The lowest BCUT2D eigenvalue weighted by Gasteiger charge is -2.35. The van der Waals surface area contributed by atoms with Crippen molar-refractivity contribution in [2.75, 3.05) is 26.7 Å². The van der Waals surface area contributed by atoms with Gasteiger partial charge in [0.1, 0.15) is 5.75 Å². The summed E-state index contributed by atoms with van der Waals surface area (Å²) in [7, 11) is 1.67. The lowest BCUT2D eigenvalue weighted by molar-refractivity contribution is -0.121. The lowest BCUT2D eigenvalue weighted by atomic mass is 10.0. The number of nitrogens with zero attached hydrogens (tertiary/aromatic N) is 2. The molecular formula is C26H30ClN3O3. The second-order valence-corrected chi connectivity index (χ2v) is 8.75. The highest BCUT2D eigenvalue weighted by molar-refractivity contribution is 6.30. The summed E-state index contributed by atoms with van der Waals surface area (Å²) in [5, 5.41) is 3.80. The molecular weight excluding hydrogens is 438 g/mol. The Morgan fingerprint density at radius 3 is 2.55 bits per heavy atom. The van der Waals surface area contributed by atoms with Crippen molar-refractivity contribution in [1.29, 1.82) is 0 Å². The summed E-state index contributed by atoms with van der Waals surface area (Å²) in [6, 6.07) is 15.7. The fraction of sp³-hybridized carbons (Fsp3) is 0.385. The number of nitrogens with one attached hydrogen (secondary N) is 1. The standard InChI is InChI=1S/C26H30ClN3O3/c1-32-22-11-7-19(8-12-22)23(30-15-3-2-4-16-30)17-28-25(31)13-14-26-29-18-24(33-26)20-5-9-21(27)10-6-20/h5-12,18,23H,2-4,13-17H2,1H3,(H,28,31). The highest BCUT2D eigenvalue weighted by Gasteiger charge is 2.23. The maximum Gasteiger partial charge on any atom is 0.220 e. The molecule has 6 nitrogen and oxygen atoms in total. The quantitative estimate of drug-likeness (QED) is 0.463. The van der Waals surface area contributed by atoms with Gasteiger partial charge in [-0.05, 0) is 67.9 Å². The second-order valence-electron chi connectivity index (χ2n) is 8.31. The highest BCUT2D eigenvalue weighted by atomic mass is 35.5. The summed E-state index contributed by atoms with van der Waals surface area (Å²) in [5.41, 5.74) is 2.10. The van der Waals surface area contributed by atoms with Crippen molar-refractivity contribution in [3.05, 3.63) is 71.2 Å². The van der Waals surface area contributed by atoms with E-state index in [1.165, 1.54) is 24.8 Å². The molecule has 0 saturated carbocycles. The molecule has 1 fully saturated rings. The Kier molecular flexibility index (Phi) is 8.02. The van der Waals surface area contributed by atoms with Crippen LogP contribution in [0.2, 0.25) is 5.02 Å². The average Bonchev–Trinajstić information content (AvgIpc) is 3.33. The number of halogens is 1. The number of rotatable bonds is 9. The average molecular weight is 468 g/mol. The Bertz CT molecular complexity index is 1030. The normalized spacial score (nSPS) is 15.2. The Morgan fingerprint density at radius 1 is 1.12 bits per heavy atom. The van der Waals surface area contributed by atoms with Gasteiger partial charge < -0.3 is 14.5 Å². The van der Waals surface area contributed by atoms with E-state index in [0.717, 1.165) is 24.4 Å². The monoisotopic (exact) mass is 467 g/mol. The molecule has 1 amide bonds. The van der Waals surface area contributed by atoms with Gasteiger partial charge in [0.05, 0.1) is 19.3 Å². The predicted octanol–water partition coefficient (Wildman–Crippen LogP) is 5.28. The number of oxazole rings is 1. The van der Waals surface area contributed by atoms with E-state index in [-0.39, 0.29) is 11.9 Å². The molecule has 2 heterocycles. The zero-order chi connectivity index (χ0) is 23.0. The SMILES string of the molecule is COc1ccc(C(CNC(=O)CCc2ncc(-c3ccc(Cl)cc3)o2)N2CCCCC2)cc1. The number of likely N-dealkylation sites (tertiary alicyclic amines) is 1. The van der Waals surface area contributed by atoms with E-state index in [1.807, 2.05) is 36.4 Å². The van der Waals surface area contributed by atoms with E-state index >= 15 is 0 Å². The third kappa shape index (κ3) is 6.36. The van der Waals surface area contributed by atoms with Crippen molar-refractivity contribution in [2.45, 2.75) is 38.1 Å². The Labute approximate surface area is 199 Å². The van der Waals surface area contributed by atoms with Crippen LogP contribution in [0.15, 0.2) is 59.1 Å². The van der Waals surface area contributed by atoms with E-state index in [0.29, 0.717) is 36.1 Å². The maximum absolute atomic E-state index is 12.6. The van der Waals surface area contributed by atoms with Crippen LogP contribution in [0.3, 0.4) is 0 Å². The molecule has 0 bridgehead atoms. The lowest BCUT2D eigenvalue weighted by Crippen LogP contribution is -2.40. The van der Waals surface area contributed by atoms with Crippen molar-refractivity contribution in [2.24, 2.45) is 0 Å². The van der Waals surface area contributed by atoms with E-state index in [4.69, 9.17) is 20.8 Å². The topological polar surface area (TPSA) is 67.6 Å². The summed E-state index contributed by atoms with van der Waals surface area (Å²) < 4.78 is 11.1. The van der Waals surface area contributed by atoms with E-state index in [9.17, 15) is 4.79 Å². The number of hydrogen-bond donors (Lipinski definition) is 1. The molecule has 1 aliphatic rings. The van der Waals surface area contributed by atoms with Gasteiger partial charge in [-0.25, -0.2) is 4.98 Å². The van der Waals surface area contributed by atoms with Crippen LogP contribution in [-0.2, 0) is 11.2 Å². The van der Waals surface area contributed by atoms with E-state index < -0.39 is 0 Å². The number of aryl methyl sites for hydroxylation is 1. The number of carbonyl (C=O) groups is 1. The van der Waals surface area contributed by atoms with Gasteiger partial charge in [0.25, 0.3) is 0 Å². The van der Waals surface area contributed by atoms with Crippen molar-refractivity contribution in [3.8, 4) is 17.1 Å². The van der Waals surface area contributed by atoms with Crippen LogP contribution in [0.5, 0.6) is 5.75 Å². The number of methoxy groups -OCH3 is 1. The number of hydrogen-bond acceptors (Lipinski definition) is 5. The second kappa shape index (κ2) is 11.3. The minimum absolute atomic E-state index is 0.00300. The molecule has 174 valence electrons. The Hall–Kier alpha value is -2.83. The number of aromatic nitrogens is 1. The number of carbonyl (C=O) groups excluding carboxylic acids is 1. The number of amides is 1. The molecule has 1 aromatic heterocycles. The van der Waals surface area contributed by atoms with Crippen molar-refractivity contribution >= 4 is 17.5 Å². The number of piperidine rings is 1. The van der Waals surface area contributed by atoms with Gasteiger partial charge in [0.15, 0.2) is 11.7 Å². The van der Waals surface area contributed by atoms with Crippen LogP contribution in [0, 0.1) is 0 Å². The summed E-state index contributed by atoms with van der Waals surface area (Å²) in [6.45, 7) is 2.68. The first-order chi connectivity index (χ1) is 16.1. The van der Waals surface area contributed by atoms with Crippen LogP contribution in [-0.4, -0.2) is 42.5 Å². The molecule has 1 unspecified atom stereocenters. The molecule has 7 heteroatoms. The molecule has 33 heavy (non-hydrogen) atoms. The van der Waals surface area contributed by atoms with Crippen LogP contribution < -0.4 is 10.1 Å². The number of benzene rings is 2. The molecule has 0 aliphatic carbocycles. The van der Waals surface area contributed by atoms with Gasteiger partial charge in [-0.2, -0.15) is 0 Å². The molecule has 1 N–H and O–H groups in total. The third-order valence-corrected chi connectivity index (χ3v) is 6.32. The van der Waals surface area contributed by atoms with Crippen molar-refractivity contribution in [3.63, 3.8) is 0 Å². The first kappa shape index (κ1) is 23.3. The molecule has 3 aromatic rings. The maximum atomic E-state index is 12.6. The van der Waals surface area contributed by atoms with E-state index in [2.05, 4.69) is 27.3 Å². The Balaban J connectivity index is 1.33. The first-order valence-corrected chi connectivity index (χ1v) is 11.9. The van der Waals surface area contributed by atoms with Gasteiger partial charge in [-0.3, -0.25) is 9.69 Å². The molecule has 0 spiro atoms. The van der Waals surface area contributed by atoms with Gasteiger partial charge >= 0.3 is 0 Å². The Morgan fingerprint density at radius 2 is 1.85 bits per heavy atom. The predicted molar refractivity (Wildman–Crippen MR) is 129 cm³/mol. The zero-order valence-corrected chi connectivity index (χ0v) is 19.7. The summed E-state index contributed by atoms with van der Waals surface area (Å²) in [4.78, 5) is 19.4. The van der Waals surface area contributed by atoms with Gasteiger partial charge in [-0.15, -0.1) is 0 Å². The van der Waals surface area contributed by atoms with Crippen molar-refractivity contribution < 1.29 is 13.9 Å². The van der Waals surface area contributed by atoms with Gasteiger partial charge in [-0.1, -0.05) is 30.2 Å². The fourth-order valence-corrected chi connectivity index (χ4v) is 4.33. The van der Waals surface area contributed by atoms with Crippen LogP contribution in [0.1, 0.15) is 43.2 Å². The summed E-state index contributed by atoms with van der Waals surface area (Å²) in [5.74, 6) is 2.06. The van der Waals surface area contributed by atoms with Gasteiger partial charge in [0, 0.05) is 30.0 Å². The van der Waals surface area contributed by atoms with Crippen LogP contribution in [0.4, 0.5) is 0 Å². The molecule has 0 radical (unpaired) electrons. The minimum Gasteiger partial charge on any atom is -0.497 e. The summed E-state index contributed by atoms with van der Waals surface area (Å²) >= 11 is 5.94. The molecule has 1 aliphatic heterocycles. The fourth-order valence-electron chi connectivity index (χ4n) is 4.21. The highest BCUT2D eigenvalue weighted by Crippen LogP contribution is 2.26. The largest absolute Gasteiger partial charge is 0.497 e. The minimum atomic E-state index is -0.00300.